The average molecular weight is 141 g/mol. The van der Waals surface area contributed by atoms with E-state index in [1.54, 1.807) is 13.8 Å². The molecule has 2 nitrogen and oxygen atoms in total. The second-order valence-corrected chi connectivity index (χ2v) is 2.81. The highest BCUT2D eigenvalue weighted by Crippen LogP contribution is 2.12. The first-order chi connectivity index (χ1) is 4.46. The molecule has 0 unspecified atom stereocenters. The van der Waals surface area contributed by atoms with Gasteiger partial charge in [-0.2, -0.15) is 0 Å². The Bertz CT molecular complexity index is 164. The van der Waals surface area contributed by atoms with Crippen LogP contribution in [-0.4, -0.2) is 5.78 Å². The number of carbonyl (C=O) groups excluding carboxylic acids is 1. The minimum Gasteiger partial charge on any atom is -0.402 e. The molecule has 0 aromatic rings. The van der Waals surface area contributed by atoms with Crippen LogP contribution in [0.2, 0.25) is 0 Å². The summed E-state index contributed by atoms with van der Waals surface area (Å²) in [4.78, 5) is 10.9. The maximum atomic E-state index is 10.9. The van der Waals surface area contributed by atoms with Gasteiger partial charge in [0.15, 0.2) is 5.78 Å². The Morgan fingerprint density at radius 1 is 1.30 bits per heavy atom. The summed E-state index contributed by atoms with van der Waals surface area (Å²) in [6.07, 6.45) is 0. The number of rotatable bonds is 2. The van der Waals surface area contributed by atoms with Crippen molar-refractivity contribution in [2.75, 3.05) is 0 Å². The van der Waals surface area contributed by atoms with Gasteiger partial charge in [0, 0.05) is 11.3 Å². The zero-order valence-corrected chi connectivity index (χ0v) is 7.06. The SMILES string of the molecule is CC(=O)/C(=C(/C)N)C(C)C. The third-order valence-electron chi connectivity index (χ3n) is 1.38. The molecule has 0 aliphatic heterocycles. The van der Waals surface area contributed by atoms with Crippen molar-refractivity contribution in [3.8, 4) is 0 Å². The second kappa shape index (κ2) is 3.40. The molecule has 0 aliphatic carbocycles. The Labute approximate surface area is 62.1 Å². The van der Waals surface area contributed by atoms with E-state index in [4.69, 9.17) is 5.73 Å². The average Bonchev–Trinajstić information content (AvgIpc) is 1.59. The number of nitrogens with two attached hydrogens (primary N) is 1. The highest BCUT2D eigenvalue weighted by atomic mass is 16.1. The molecule has 0 rings (SSSR count). The van der Waals surface area contributed by atoms with Crippen LogP contribution in [-0.2, 0) is 4.79 Å². The molecule has 0 aliphatic rings. The Balaban J connectivity index is 4.61. The molecule has 0 spiro atoms. The van der Waals surface area contributed by atoms with Gasteiger partial charge in [-0.3, -0.25) is 4.79 Å². The monoisotopic (exact) mass is 141 g/mol. The highest BCUT2D eigenvalue weighted by Gasteiger charge is 2.09. The second-order valence-electron chi connectivity index (χ2n) is 2.81. The van der Waals surface area contributed by atoms with Gasteiger partial charge in [0.1, 0.15) is 0 Å². The van der Waals surface area contributed by atoms with Gasteiger partial charge in [0.25, 0.3) is 0 Å². The molecule has 0 aromatic heterocycles. The summed E-state index contributed by atoms with van der Waals surface area (Å²) in [6, 6.07) is 0. The van der Waals surface area contributed by atoms with E-state index < -0.39 is 0 Å². The summed E-state index contributed by atoms with van der Waals surface area (Å²) in [5.41, 5.74) is 6.89. The van der Waals surface area contributed by atoms with Crippen molar-refractivity contribution in [1.82, 2.24) is 0 Å². The fraction of sp³-hybridized carbons (Fsp3) is 0.625. The summed E-state index contributed by atoms with van der Waals surface area (Å²) < 4.78 is 0. The molecule has 0 atom stereocenters. The zero-order valence-electron chi connectivity index (χ0n) is 7.06. The fourth-order valence-electron chi connectivity index (χ4n) is 1.14. The maximum absolute atomic E-state index is 10.9. The molecule has 0 amide bonds. The lowest BCUT2D eigenvalue weighted by atomic mass is 9.98. The zero-order chi connectivity index (χ0) is 8.31. The molecule has 0 saturated heterocycles. The van der Waals surface area contributed by atoms with Crippen LogP contribution in [0.4, 0.5) is 0 Å². The van der Waals surface area contributed by atoms with E-state index in [1.165, 1.54) is 0 Å². The first kappa shape index (κ1) is 9.21. The largest absolute Gasteiger partial charge is 0.402 e. The van der Waals surface area contributed by atoms with E-state index >= 15 is 0 Å². The van der Waals surface area contributed by atoms with E-state index in [2.05, 4.69) is 0 Å². The Morgan fingerprint density at radius 3 is 1.70 bits per heavy atom. The number of hydrogen-bond acceptors (Lipinski definition) is 2. The number of allylic oxidation sites excluding steroid dienone is 2. The molecule has 0 fully saturated rings. The topological polar surface area (TPSA) is 43.1 Å². The van der Waals surface area contributed by atoms with Gasteiger partial charge in [-0.15, -0.1) is 0 Å². The molecule has 0 aromatic carbocycles. The van der Waals surface area contributed by atoms with Gasteiger partial charge in [0.2, 0.25) is 0 Å². The lowest BCUT2D eigenvalue weighted by molar-refractivity contribution is -0.114. The van der Waals surface area contributed by atoms with E-state index in [0.29, 0.717) is 5.70 Å². The van der Waals surface area contributed by atoms with Crippen LogP contribution in [0.5, 0.6) is 0 Å². The van der Waals surface area contributed by atoms with Crippen molar-refractivity contribution in [3.05, 3.63) is 11.3 Å². The number of carbonyl (C=O) groups is 1. The Hall–Kier alpha value is -0.790. The third kappa shape index (κ3) is 2.21. The van der Waals surface area contributed by atoms with Crippen LogP contribution in [0.25, 0.3) is 0 Å². The van der Waals surface area contributed by atoms with Crippen molar-refractivity contribution < 1.29 is 4.79 Å². The van der Waals surface area contributed by atoms with Crippen molar-refractivity contribution >= 4 is 5.78 Å². The lowest BCUT2D eigenvalue weighted by Gasteiger charge is -2.08. The fourth-order valence-corrected chi connectivity index (χ4v) is 1.14. The summed E-state index contributed by atoms with van der Waals surface area (Å²) in [7, 11) is 0. The molecule has 10 heavy (non-hydrogen) atoms. The molecular formula is C8H15NO. The molecule has 58 valence electrons. The summed E-state index contributed by atoms with van der Waals surface area (Å²) in [6.45, 7) is 7.24. The van der Waals surface area contributed by atoms with Gasteiger partial charge in [-0.25, -0.2) is 0 Å². The predicted octanol–water partition coefficient (Wildman–Crippen LogP) is 1.46. The minimum atomic E-state index is 0.0787. The van der Waals surface area contributed by atoms with Crippen molar-refractivity contribution in [3.63, 3.8) is 0 Å². The third-order valence-corrected chi connectivity index (χ3v) is 1.38. The van der Waals surface area contributed by atoms with Gasteiger partial charge in [0.05, 0.1) is 0 Å². The predicted molar refractivity (Wildman–Crippen MR) is 42.4 cm³/mol. The van der Waals surface area contributed by atoms with E-state index in [1.807, 2.05) is 13.8 Å². The Morgan fingerprint density at radius 2 is 1.70 bits per heavy atom. The van der Waals surface area contributed by atoms with Gasteiger partial charge >= 0.3 is 0 Å². The van der Waals surface area contributed by atoms with Crippen molar-refractivity contribution in [2.24, 2.45) is 11.7 Å². The molecule has 0 saturated carbocycles. The maximum Gasteiger partial charge on any atom is 0.157 e. The lowest BCUT2D eigenvalue weighted by Crippen LogP contribution is -2.11. The molecular weight excluding hydrogens is 126 g/mol. The van der Waals surface area contributed by atoms with Crippen LogP contribution in [0.3, 0.4) is 0 Å². The number of Topliss-reactive ketones (excluding diaryl/α,β-unsaturated/α-hetero) is 1. The summed E-state index contributed by atoms with van der Waals surface area (Å²) >= 11 is 0. The number of ketones is 1. The highest BCUT2D eigenvalue weighted by molar-refractivity contribution is 5.94. The quantitative estimate of drug-likeness (QED) is 0.592. The van der Waals surface area contributed by atoms with Gasteiger partial charge in [-0.05, 0) is 19.8 Å². The van der Waals surface area contributed by atoms with E-state index in [0.717, 1.165) is 5.57 Å². The van der Waals surface area contributed by atoms with Crippen LogP contribution >= 0.6 is 0 Å². The van der Waals surface area contributed by atoms with Crippen LogP contribution in [0.15, 0.2) is 11.3 Å². The van der Waals surface area contributed by atoms with Crippen LogP contribution in [0, 0.1) is 5.92 Å². The molecule has 2 heteroatoms. The number of hydrogen-bond donors (Lipinski definition) is 1. The Kier molecular flexibility index (Phi) is 3.13. The van der Waals surface area contributed by atoms with Crippen molar-refractivity contribution in [2.45, 2.75) is 27.7 Å². The van der Waals surface area contributed by atoms with Crippen LogP contribution < -0.4 is 5.73 Å². The standard InChI is InChI=1S/C8H15NO/c1-5(2)8(6(3)9)7(4)10/h5H,9H2,1-4H3/b8-6-. The van der Waals surface area contributed by atoms with E-state index in [-0.39, 0.29) is 11.7 Å². The summed E-state index contributed by atoms with van der Waals surface area (Å²) in [5.74, 6) is 0.317. The van der Waals surface area contributed by atoms with Crippen molar-refractivity contribution in [1.29, 1.82) is 0 Å². The molecule has 0 radical (unpaired) electrons. The van der Waals surface area contributed by atoms with E-state index in [9.17, 15) is 4.79 Å². The molecule has 0 heterocycles. The van der Waals surface area contributed by atoms with Gasteiger partial charge in [-0.1, -0.05) is 13.8 Å². The minimum absolute atomic E-state index is 0.0787. The first-order valence-electron chi connectivity index (χ1n) is 3.44. The summed E-state index contributed by atoms with van der Waals surface area (Å²) in [5, 5.41) is 0. The van der Waals surface area contributed by atoms with Gasteiger partial charge < -0.3 is 5.73 Å². The normalized spacial score (nSPS) is 13.3. The molecule has 2 N–H and O–H groups in total. The smallest absolute Gasteiger partial charge is 0.157 e. The molecule has 0 bridgehead atoms. The first-order valence-corrected chi connectivity index (χ1v) is 3.44. The van der Waals surface area contributed by atoms with Crippen LogP contribution in [0.1, 0.15) is 27.7 Å².